The van der Waals surface area contributed by atoms with Crippen LogP contribution in [-0.4, -0.2) is 46.5 Å². The van der Waals surface area contributed by atoms with Gasteiger partial charge in [-0.3, -0.25) is 4.79 Å². The van der Waals surface area contributed by atoms with Gasteiger partial charge in [0.15, 0.2) is 0 Å². The summed E-state index contributed by atoms with van der Waals surface area (Å²) in [5.74, 6) is -0.959. The molecule has 2 rings (SSSR count). The minimum Gasteiger partial charge on any atom is -0.480 e. The number of nitrogens with one attached hydrogen (secondary N) is 1. The fourth-order valence-electron chi connectivity index (χ4n) is 1.92. The Morgan fingerprint density at radius 2 is 2.39 bits per heavy atom. The van der Waals surface area contributed by atoms with E-state index >= 15 is 0 Å². The van der Waals surface area contributed by atoms with Gasteiger partial charge in [-0.15, -0.1) is 0 Å². The quantitative estimate of drug-likeness (QED) is 0.740. The number of rotatable bonds is 2. The van der Waals surface area contributed by atoms with Crippen LogP contribution in [-0.2, 0) is 11.8 Å². The minimum absolute atomic E-state index is 0.000602. The fraction of sp³-hybridized carbons (Fsp3) is 0.500. The SMILES string of the molecule is Cn1ncc(N2CCNCC2C(=O)O)c(Cl)c1=O. The molecule has 2 heterocycles. The van der Waals surface area contributed by atoms with Crippen LogP contribution in [0.4, 0.5) is 5.69 Å². The van der Waals surface area contributed by atoms with Gasteiger partial charge in [-0.05, 0) is 0 Å². The smallest absolute Gasteiger partial charge is 0.327 e. The van der Waals surface area contributed by atoms with Crippen molar-refractivity contribution in [3.63, 3.8) is 0 Å². The molecule has 0 bridgehead atoms. The van der Waals surface area contributed by atoms with E-state index in [1.807, 2.05) is 0 Å². The van der Waals surface area contributed by atoms with Crippen LogP contribution in [0.2, 0.25) is 5.02 Å². The highest BCUT2D eigenvalue weighted by atomic mass is 35.5. The van der Waals surface area contributed by atoms with Crippen molar-refractivity contribution in [2.75, 3.05) is 24.5 Å². The Balaban J connectivity index is 2.43. The summed E-state index contributed by atoms with van der Waals surface area (Å²) in [6, 6.07) is -0.745. The summed E-state index contributed by atoms with van der Waals surface area (Å²) in [6.07, 6.45) is 1.42. The second kappa shape index (κ2) is 4.95. The lowest BCUT2D eigenvalue weighted by Gasteiger charge is -2.35. The predicted octanol–water partition coefficient (Wildman–Crippen LogP) is -0.703. The topological polar surface area (TPSA) is 87.5 Å². The number of anilines is 1. The van der Waals surface area contributed by atoms with Crippen LogP contribution < -0.4 is 15.8 Å². The molecule has 7 nitrogen and oxygen atoms in total. The number of aryl methyl sites for hydroxylation is 1. The van der Waals surface area contributed by atoms with Crippen molar-refractivity contribution >= 4 is 23.3 Å². The second-order valence-corrected chi connectivity index (χ2v) is 4.40. The van der Waals surface area contributed by atoms with Gasteiger partial charge < -0.3 is 15.3 Å². The highest BCUT2D eigenvalue weighted by Crippen LogP contribution is 2.23. The summed E-state index contributed by atoms with van der Waals surface area (Å²) in [5, 5.41) is 16.0. The van der Waals surface area contributed by atoms with Crippen LogP contribution in [0.1, 0.15) is 0 Å². The molecular weight excluding hydrogens is 260 g/mol. The number of piperazine rings is 1. The predicted molar refractivity (Wildman–Crippen MR) is 66.1 cm³/mol. The van der Waals surface area contributed by atoms with Crippen molar-refractivity contribution in [3.8, 4) is 0 Å². The maximum absolute atomic E-state index is 11.7. The molecule has 0 spiro atoms. The Morgan fingerprint density at radius 1 is 1.67 bits per heavy atom. The van der Waals surface area contributed by atoms with Crippen LogP contribution in [0.3, 0.4) is 0 Å². The summed E-state index contributed by atoms with van der Waals surface area (Å²) < 4.78 is 1.11. The first-order valence-electron chi connectivity index (χ1n) is 5.44. The molecule has 1 aromatic heterocycles. The van der Waals surface area contributed by atoms with Crippen LogP contribution in [0, 0.1) is 0 Å². The van der Waals surface area contributed by atoms with Gasteiger partial charge in [0, 0.05) is 26.7 Å². The summed E-state index contributed by atoms with van der Waals surface area (Å²) in [7, 11) is 1.49. The van der Waals surface area contributed by atoms with Crippen LogP contribution in [0.15, 0.2) is 11.0 Å². The van der Waals surface area contributed by atoms with E-state index in [2.05, 4.69) is 10.4 Å². The van der Waals surface area contributed by atoms with Gasteiger partial charge in [0.1, 0.15) is 11.1 Å². The Bertz CT molecular complexity index is 530. The van der Waals surface area contributed by atoms with Crippen LogP contribution in [0.25, 0.3) is 0 Å². The van der Waals surface area contributed by atoms with Gasteiger partial charge in [0.2, 0.25) is 0 Å². The maximum Gasteiger partial charge on any atom is 0.327 e. The third-order valence-electron chi connectivity index (χ3n) is 2.90. The fourth-order valence-corrected chi connectivity index (χ4v) is 2.20. The largest absolute Gasteiger partial charge is 0.480 e. The average molecular weight is 273 g/mol. The molecule has 1 unspecified atom stereocenters. The summed E-state index contributed by atoms with van der Waals surface area (Å²) in [5.41, 5.74) is -0.0643. The second-order valence-electron chi connectivity index (χ2n) is 4.02. The van der Waals surface area contributed by atoms with Gasteiger partial charge in [0.05, 0.1) is 11.9 Å². The molecule has 2 N–H and O–H groups in total. The Morgan fingerprint density at radius 3 is 3.06 bits per heavy atom. The monoisotopic (exact) mass is 272 g/mol. The molecule has 8 heteroatoms. The highest BCUT2D eigenvalue weighted by molar-refractivity contribution is 6.33. The van der Waals surface area contributed by atoms with Crippen molar-refractivity contribution in [1.82, 2.24) is 15.1 Å². The lowest BCUT2D eigenvalue weighted by Crippen LogP contribution is -2.55. The molecule has 0 aliphatic carbocycles. The number of hydrogen-bond donors (Lipinski definition) is 2. The first-order chi connectivity index (χ1) is 8.52. The zero-order valence-corrected chi connectivity index (χ0v) is 10.5. The van der Waals surface area contributed by atoms with E-state index in [4.69, 9.17) is 16.7 Å². The van der Waals surface area contributed by atoms with Crippen molar-refractivity contribution in [1.29, 1.82) is 0 Å². The van der Waals surface area contributed by atoms with E-state index in [1.54, 1.807) is 4.90 Å². The van der Waals surface area contributed by atoms with Crippen LogP contribution >= 0.6 is 11.6 Å². The number of hydrogen-bond acceptors (Lipinski definition) is 5. The zero-order chi connectivity index (χ0) is 13.3. The zero-order valence-electron chi connectivity index (χ0n) is 9.76. The molecule has 1 fully saturated rings. The average Bonchev–Trinajstić information content (AvgIpc) is 2.36. The molecule has 1 aliphatic heterocycles. The Kier molecular flexibility index (Phi) is 3.53. The summed E-state index contributed by atoms with van der Waals surface area (Å²) >= 11 is 5.97. The first kappa shape index (κ1) is 12.8. The maximum atomic E-state index is 11.7. The van der Waals surface area contributed by atoms with Crippen molar-refractivity contribution in [2.45, 2.75) is 6.04 Å². The van der Waals surface area contributed by atoms with E-state index in [0.29, 0.717) is 25.3 Å². The standard InChI is InChI=1S/C10H13ClN4O3/c1-14-9(16)8(11)6(5-13-14)15-3-2-12-4-7(15)10(17)18/h5,7,12H,2-4H2,1H3,(H,17,18). The summed E-state index contributed by atoms with van der Waals surface area (Å²) in [6.45, 7) is 1.40. The number of halogens is 1. The van der Waals surface area contributed by atoms with Crippen molar-refractivity contribution in [2.24, 2.45) is 7.05 Å². The number of aliphatic carboxylic acids is 1. The third kappa shape index (κ3) is 2.19. The van der Waals surface area contributed by atoms with E-state index < -0.39 is 17.6 Å². The molecule has 18 heavy (non-hydrogen) atoms. The van der Waals surface area contributed by atoms with E-state index in [9.17, 15) is 9.59 Å². The summed E-state index contributed by atoms with van der Waals surface area (Å²) in [4.78, 5) is 24.5. The molecule has 0 radical (unpaired) electrons. The molecular formula is C10H13ClN4O3. The molecule has 1 aliphatic rings. The lowest BCUT2D eigenvalue weighted by molar-refractivity contribution is -0.138. The molecule has 1 atom stereocenters. The van der Waals surface area contributed by atoms with E-state index in [0.717, 1.165) is 4.68 Å². The minimum atomic E-state index is -0.959. The van der Waals surface area contributed by atoms with Gasteiger partial charge in [-0.25, -0.2) is 9.48 Å². The van der Waals surface area contributed by atoms with Gasteiger partial charge >= 0.3 is 5.97 Å². The molecule has 0 aromatic carbocycles. The Labute approximate surface area is 108 Å². The first-order valence-corrected chi connectivity index (χ1v) is 5.82. The van der Waals surface area contributed by atoms with Crippen molar-refractivity contribution < 1.29 is 9.90 Å². The Hall–Kier alpha value is -1.60. The molecule has 98 valence electrons. The number of aromatic nitrogens is 2. The third-order valence-corrected chi connectivity index (χ3v) is 3.25. The molecule has 1 aromatic rings. The van der Waals surface area contributed by atoms with Crippen LogP contribution in [0.5, 0.6) is 0 Å². The molecule has 1 saturated heterocycles. The number of carboxylic acids is 1. The van der Waals surface area contributed by atoms with E-state index in [-0.39, 0.29) is 5.02 Å². The van der Waals surface area contributed by atoms with Crippen molar-refractivity contribution in [3.05, 3.63) is 21.6 Å². The van der Waals surface area contributed by atoms with E-state index in [1.165, 1.54) is 13.2 Å². The number of carbonyl (C=O) groups is 1. The van der Waals surface area contributed by atoms with Gasteiger partial charge in [0.25, 0.3) is 5.56 Å². The normalized spacial score (nSPS) is 19.9. The number of carboxylic acid groups (broad SMARTS) is 1. The van der Waals surface area contributed by atoms with Gasteiger partial charge in [-0.2, -0.15) is 5.10 Å². The number of nitrogens with zero attached hydrogens (tertiary/aromatic N) is 3. The molecule has 0 amide bonds. The highest BCUT2D eigenvalue weighted by Gasteiger charge is 2.30. The van der Waals surface area contributed by atoms with Gasteiger partial charge in [-0.1, -0.05) is 11.6 Å². The molecule has 0 saturated carbocycles. The lowest BCUT2D eigenvalue weighted by atomic mass is 10.2.